The summed E-state index contributed by atoms with van der Waals surface area (Å²) in [7, 11) is 0. The van der Waals surface area contributed by atoms with Gasteiger partial charge in [0.25, 0.3) is 11.8 Å². The van der Waals surface area contributed by atoms with Crippen molar-refractivity contribution >= 4 is 46.0 Å². The van der Waals surface area contributed by atoms with Crippen LogP contribution in [0.15, 0.2) is 29.2 Å². The van der Waals surface area contributed by atoms with E-state index in [0.29, 0.717) is 11.3 Å². The molecule has 7 nitrogen and oxygen atoms in total. The summed E-state index contributed by atoms with van der Waals surface area (Å²) in [5.41, 5.74) is 1.35. The van der Waals surface area contributed by atoms with Crippen molar-refractivity contribution in [3.05, 3.63) is 34.7 Å². The lowest BCUT2D eigenvalue weighted by molar-refractivity contribution is -0.142. The van der Waals surface area contributed by atoms with Crippen LogP contribution in [0.3, 0.4) is 0 Å². The number of rotatable bonds is 3. The van der Waals surface area contributed by atoms with E-state index in [1.54, 1.807) is 31.2 Å². The third kappa shape index (κ3) is 2.61. The smallest absolute Gasteiger partial charge is 0.326 e. The first-order chi connectivity index (χ1) is 11.0. The SMILES string of the molecule is CCOC(=O)CN1C(=O)/C(=C2\SC(=N)NC2=O)c2ccccc21. The number of carbonyl (C=O) groups excluding carboxylic acids is 3. The molecule has 118 valence electrons. The van der Waals surface area contributed by atoms with Crippen molar-refractivity contribution in [3.63, 3.8) is 0 Å². The molecule has 3 rings (SSSR count). The third-order valence-corrected chi connectivity index (χ3v) is 4.28. The summed E-state index contributed by atoms with van der Waals surface area (Å²) in [6, 6.07) is 6.94. The second kappa shape index (κ2) is 5.88. The number of anilines is 1. The van der Waals surface area contributed by atoms with Gasteiger partial charge in [0.1, 0.15) is 6.54 Å². The zero-order valence-corrected chi connectivity index (χ0v) is 13.0. The van der Waals surface area contributed by atoms with Crippen LogP contribution in [0, 0.1) is 5.41 Å². The van der Waals surface area contributed by atoms with Crippen molar-refractivity contribution < 1.29 is 19.1 Å². The number of carbonyl (C=O) groups is 3. The van der Waals surface area contributed by atoms with Crippen LogP contribution in [-0.4, -0.2) is 36.1 Å². The van der Waals surface area contributed by atoms with Gasteiger partial charge < -0.3 is 10.1 Å². The number of hydrogen-bond donors (Lipinski definition) is 2. The Hall–Kier alpha value is -2.61. The van der Waals surface area contributed by atoms with Gasteiger partial charge in [-0.3, -0.25) is 24.7 Å². The van der Waals surface area contributed by atoms with Crippen LogP contribution in [0.25, 0.3) is 5.57 Å². The molecule has 2 heterocycles. The number of esters is 1. The minimum Gasteiger partial charge on any atom is -0.465 e. The van der Waals surface area contributed by atoms with E-state index in [9.17, 15) is 14.4 Å². The zero-order valence-electron chi connectivity index (χ0n) is 12.2. The standard InChI is InChI=1S/C15H13N3O4S/c1-2-22-10(19)7-18-9-6-4-3-5-8(9)11(14(18)21)12-13(20)17-15(16)23-12/h3-6H,2,7H2,1H3,(H2,16,17,20)/b12-11-. The molecule has 2 aliphatic rings. The van der Waals surface area contributed by atoms with E-state index in [0.717, 1.165) is 11.8 Å². The van der Waals surface area contributed by atoms with E-state index in [1.807, 2.05) is 0 Å². The lowest BCUT2D eigenvalue weighted by Gasteiger charge is -2.15. The summed E-state index contributed by atoms with van der Waals surface area (Å²) in [6.45, 7) is 1.70. The molecule has 0 atom stereocenters. The van der Waals surface area contributed by atoms with Crippen molar-refractivity contribution in [1.82, 2.24) is 5.32 Å². The van der Waals surface area contributed by atoms with Gasteiger partial charge in [0.15, 0.2) is 5.17 Å². The first kappa shape index (κ1) is 15.3. The molecule has 2 amide bonds. The van der Waals surface area contributed by atoms with Crippen LogP contribution in [-0.2, 0) is 19.1 Å². The van der Waals surface area contributed by atoms with Gasteiger partial charge in [0, 0.05) is 5.56 Å². The molecule has 1 aromatic rings. The summed E-state index contributed by atoms with van der Waals surface area (Å²) in [6.07, 6.45) is 0. The number of hydrogen-bond acceptors (Lipinski definition) is 6. The highest BCUT2D eigenvalue weighted by atomic mass is 32.2. The Balaban J connectivity index is 2.06. The lowest BCUT2D eigenvalue weighted by Crippen LogP contribution is -2.33. The quantitative estimate of drug-likeness (QED) is 0.638. The minimum atomic E-state index is -0.516. The van der Waals surface area contributed by atoms with E-state index in [-0.39, 0.29) is 28.8 Å². The monoisotopic (exact) mass is 331 g/mol. The number of amidine groups is 1. The Labute approximate surface area is 136 Å². The van der Waals surface area contributed by atoms with Gasteiger partial charge in [-0.1, -0.05) is 18.2 Å². The normalized spacial score (nSPS) is 19.9. The third-order valence-electron chi connectivity index (χ3n) is 3.38. The van der Waals surface area contributed by atoms with E-state index in [1.165, 1.54) is 4.90 Å². The fourth-order valence-electron chi connectivity index (χ4n) is 2.49. The average molecular weight is 331 g/mol. The number of thioether (sulfide) groups is 1. The summed E-state index contributed by atoms with van der Waals surface area (Å²) in [5.74, 6) is -1.43. The molecular formula is C15H13N3O4S. The predicted molar refractivity (Wildman–Crippen MR) is 85.8 cm³/mol. The maximum atomic E-state index is 12.7. The Morgan fingerprint density at radius 3 is 2.74 bits per heavy atom. The van der Waals surface area contributed by atoms with Crippen LogP contribution in [0.4, 0.5) is 5.69 Å². The first-order valence-corrected chi connectivity index (χ1v) is 7.73. The average Bonchev–Trinajstić information content (AvgIpc) is 2.97. The Bertz CT molecular complexity index is 772. The van der Waals surface area contributed by atoms with Gasteiger partial charge in [-0.15, -0.1) is 0 Å². The summed E-state index contributed by atoms with van der Waals surface area (Å²) in [5, 5.41) is 9.88. The van der Waals surface area contributed by atoms with Gasteiger partial charge in [0.05, 0.1) is 22.8 Å². The topological polar surface area (TPSA) is 99.6 Å². The molecule has 1 fully saturated rings. The molecular weight excluding hydrogens is 318 g/mol. The van der Waals surface area contributed by atoms with Crippen molar-refractivity contribution in [2.45, 2.75) is 6.92 Å². The van der Waals surface area contributed by atoms with Gasteiger partial charge in [-0.2, -0.15) is 0 Å². The number of ether oxygens (including phenoxy) is 1. The highest BCUT2D eigenvalue weighted by molar-refractivity contribution is 8.18. The molecule has 0 unspecified atom stereocenters. The van der Waals surface area contributed by atoms with Crippen LogP contribution in [0.1, 0.15) is 12.5 Å². The van der Waals surface area contributed by atoms with Crippen LogP contribution in [0.2, 0.25) is 0 Å². The Kier molecular flexibility index (Phi) is 3.91. The van der Waals surface area contributed by atoms with Gasteiger partial charge in [0.2, 0.25) is 0 Å². The van der Waals surface area contributed by atoms with E-state index < -0.39 is 17.8 Å². The fraction of sp³-hybridized carbons (Fsp3) is 0.200. The largest absolute Gasteiger partial charge is 0.465 e. The Morgan fingerprint density at radius 1 is 1.35 bits per heavy atom. The van der Waals surface area contributed by atoms with Crippen molar-refractivity contribution in [2.75, 3.05) is 18.1 Å². The molecule has 23 heavy (non-hydrogen) atoms. The van der Waals surface area contributed by atoms with E-state index in [4.69, 9.17) is 10.1 Å². The molecule has 8 heteroatoms. The number of amides is 2. The Morgan fingerprint density at radius 2 is 2.09 bits per heavy atom. The molecule has 0 saturated carbocycles. The minimum absolute atomic E-state index is 0.0216. The van der Waals surface area contributed by atoms with Gasteiger partial charge >= 0.3 is 5.97 Å². The van der Waals surface area contributed by atoms with E-state index >= 15 is 0 Å². The maximum Gasteiger partial charge on any atom is 0.326 e. The first-order valence-electron chi connectivity index (χ1n) is 6.91. The zero-order chi connectivity index (χ0) is 16.6. The fourth-order valence-corrected chi connectivity index (χ4v) is 3.28. The maximum absolute atomic E-state index is 12.7. The highest BCUT2D eigenvalue weighted by Crippen LogP contribution is 2.42. The van der Waals surface area contributed by atoms with Crippen molar-refractivity contribution in [3.8, 4) is 0 Å². The van der Waals surface area contributed by atoms with E-state index in [2.05, 4.69) is 5.32 Å². The molecule has 0 spiro atoms. The van der Waals surface area contributed by atoms with Crippen LogP contribution in [0.5, 0.6) is 0 Å². The molecule has 0 radical (unpaired) electrons. The second-order valence-electron chi connectivity index (χ2n) is 4.80. The molecule has 0 aromatic heterocycles. The number of para-hydroxylation sites is 1. The highest BCUT2D eigenvalue weighted by Gasteiger charge is 2.39. The van der Waals surface area contributed by atoms with Crippen LogP contribution >= 0.6 is 11.8 Å². The summed E-state index contributed by atoms with van der Waals surface area (Å²) in [4.78, 5) is 37.9. The number of nitrogens with zero attached hydrogens (tertiary/aromatic N) is 1. The molecule has 2 aliphatic heterocycles. The molecule has 0 aliphatic carbocycles. The second-order valence-corrected chi connectivity index (χ2v) is 5.82. The van der Waals surface area contributed by atoms with Crippen molar-refractivity contribution in [1.29, 1.82) is 5.41 Å². The number of fused-ring (bicyclic) bond motifs is 1. The van der Waals surface area contributed by atoms with Crippen molar-refractivity contribution in [2.24, 2.45) is 0 Å². The predicted octanol–water partition coefficient (Wildman–Crippen LogP) is 1.11. The molecule has 2 N–H and O–H groups in total. The van der Waals surface area contributed by atoms with Gasteiger partial charge in [-0.25, -0.2) is 0 Å². The molecule has 0 bridgehead atoms. The number of benzene rings is 1. The summed E-state index contributed by atoms with van der Waals surface area (Å²) >= 11 is 0.908. The van der Waals surface area contributed by atoms with Gasteiger partial charge in [-0.05, 0) is 24.8 Å². The summed E-state index contributed by atoms with van der Waals surface area (Å²) < 4.78 is 4.90. The number of nitrogens with one attached hydrogen (secondary N) is 2. The molecule has 1 saturated heterocycles. The molecule has 1 aromatic carbocycles. The van der Waals surface area contributed by atoms with Crippen LogP contribution < -0.4 is 10.2 Å². The lowest BCUT2D eigenvalue weighted by atomic mass is 10.1.